The van der Waals surface area contributed by atoms with Gasteiger partial charge in [0.15, 0.2) is 5.78 Å². The lowest BCUT2D eigenvalue weighted by Crippen LogP contribution is -2.28. The molecule has 0 amide bonds. The summed E-state index contributed by atoms with van der Waals surface area (Å²) in [5.74, 6) is 2.32. The summed E-state index contributed by atoms with van der Waals surface area (Å²) in [5, 5.41) is 0. The van der Waals surface area contributed by atoms with Crippen molar-refractivity contribution in [1.29, 1.82) is 0 Å². The van der Waals surface area contributed by atoms with E-state index in [1.807, 2.05) is 18.2 Å². The van der Waals surface area contributed by atoms with Crippen LogP contribution in [-0.4, -0.2) is 12.9 Å². The Labute approximate surface area is 102 Å². The van der Waals surface area contributed by atoms with E-state index < -0.39 is 0 Å². The van der Waals surface area contributed by atoms with E-state index in [0.29, 0.717) is 17.6 Å². The Bertz CT molecular complexity index is 450. The number of fused-ring (bicyclic) bond motifs is 3. The van der Waals surface area contributed by atoms with E-state index in [0.717, 1.165) is 17.7 Å². The van der Waals surface area contributed by atoms with Crippen molar-refractivity contribution in [2.24, 2.45) is 5.92 Å². The van der Waals surface area contributed by atoms with Crippen LogP contribution in [0.15, 0.2) is 18.2 Å². The van der Waals surface area contributed by atoms with Crippen molar-refractivity contribution >= 4 is 5.78 Å². The van der Waals surface area contributed by atoms with Crippen molar-refractivity contribution in [3.05, 3.63) is 29.3 Å². The monoisotopic (exact) mass is 230 g/mol. The zero-order chi connectivity index (χ0) is 11.8. The predicted molar refractivity (Wildman–Crippen MR) is 66.6 cm³/mol. The quantitative estimate of drug-likeness (QED) is 0.737. The van der Waals surface area contributed by atoms with E-state index >= 15 is 0 Å². The van der Waals surface area contributed by atoms with E-state index in [4.69, 9.17) is 4.74 Å². The van der Waals surface area contributed by atoms with Crippen molar-refractivity contribution in [2.45, 2.75) is 38.0 Å². The molecule has 2 nitrogen and oxygen atoms in total. The molecule has 1 saturated carbocycles. The molecule has 2 aliphatic rings. The highest BCUT2D eigenvalue weighted by molar-refractivity contribution is 5.99. The second-order valence-corrected chi connectivity index (χ2v) is 5.20. The Morgan fingerprint density at radius 1 is 1.24 bits per heavy atom. The van der Waals surface area contributed by atoms with Gasteiger partial charge in [-0.1, -0.05) is 25.0 Å². The summed E-state index contributed by atoms with van der Waals surface area (Å²) < 4.78 is 5.46. The number of carbonyl (C=O) groups excluding carboxylic acids is 1. The molecule has 0 saturated heterocycles. The highest BCUT2D eigenvalue weighted by Crippen LogP contribution is 2.48. The third-order valence-corrected chi connectivity index (χ3v) is 4.31. The Morgan fingerprint density at radius 3 is 2.88 bits per heavy atom. The molecule has 0 aromatic heterocycles. The van der Waals surface area contributed by atoms with Gasteiger partial charge < -0.3 is 4.74 Å². The van der Waals surface area contributed by atoms with Crippen LogP contribution in [0.25, 0.3) is 0 Å². The van der Waals surface area contributed by atoms with E-state index in [9.17, 15) is 4.79 Å². The maximum atomic E-state index is 12.2. The Kier molecular flexibility index (Phi) is 2.65. The highest BCUT2D eigenvalue weighted by atomic mass is 16.5. The van der Waals surface area contributed by atoms with Crippen LogP contribution in [-0.2, 0) is 0 Å². The largest absolute Gasteiger partial charge is 0.496 e. The molecule has 0 radical (unpaired) electrons. The van der Waals surface area contributed by atoms with Crippen LogP contribution in [0.5, 0.6) is 5.75 Å². The molecule has 2 aliphatic carbocycles. The van der Waals surface area contributed by atoms with Crippen molar-refractivity contribution < 1.29 is 9.53 Å². The number of hydrogen-bond acceptors (Lipinski definition) is 2. The van der Waals surface area contributed by atoms with Crippen LogP contribution < -0.4 is 4.74 Å². The zero-order valence-corrected chi connectivity index (χ0v) is 10.2. The average molecular weight is 230 g/mol. The zero-order valence-electron chi connectivity index (χ0n) is 10.2. The molecule has 0 heterocycles. The minimum absolute atomic E-state index is 0.307. The van der Waals surface area contributed by atoms with Crippen LogP contribution in [0.1, 0.15) is 53.9 Å². The summed E-state index contributed by atoms with van der Waals surface area (Å²) in [7, 11) is 1.70. The maximum Gasteiger partial charge on any atom is 0.163 e. The lowest BCUT2D eigenvalue weighted by molar-refractivity contribution is 0.0917. The van der Waals surface area contributed by atoms with Gasteiger partial charge in [0.25, 0.3) is 0 Å². The topological polar surface area (TPSA) is 26.3 Å². The third kappa shape index (κ3) is 1.67. The molecule has 90 valence electrons. The molecule has 2 heteroatoms. The third-order valence-electron chi connectivity index (χ3n) is 4.31. The van der Waals surface area contributed by atoms with Crippen LogP contribution in [0, 0.1) is 5.92 Å². The lowest BCUT2D eigenvalue weighted by atomic mass is 9.67. The van der Waals surface area contributed by atoms with Crippen LogP contribution >= 0.6 is 0 Å². The van der Waals surface area contributed by atoms with E-state index in [1.165, 1.54) is 31.2 Å². The molecular formula is C15H18O2. The van der Waals surface area contributed by atoms with Gasteiger partial charge in [0.2, 0.25) is 0 Å². The number of Topliss-reactive ketones (excluding diaryl/α,β-unsaturated/α-hetero) is 1. The first-order chi connectivity index (χ1) is 8.31. The second-order valence-electron chi connectivity index (χ2n) is 5.20. The molecule has 3 rings (SSSR count). The van der Waals surface area contributed by atoms with Crippen molar-refractivity contribution in [3.8, 4) is 5.75 Å². The molecule has 1 aromatic carbocycles. The van der Waals surface area contributed by atoms with E-state index in [2.05, 4.69) is 0 Å². The van der Waals surface area contributed by atoms with Crippen LogP contribution in [0.3, 0.4) is 0 Å². The van der Waals surface area contributed by atoms with Gasteiger partial charge >= 0.3 is 0 Å². The Morgan fingerprint density at radius 2 is 2.06 bits per heavy atom. The van der Waals surface area contributed by atoms with E-state index in [1.54, 1.807) is 7.11 Å². The fraction of sp³-hybridized carbons (Fsp3) is 0.533. The van der Waals surface area contributed by atoms with Crippen LogP contribution in [0.4, 0.5) is 0 Å². The van der Waals surface area contributed by atoms with Crippen molar-refractivity contribution in [1.82, 2.24) is 0 Å². The van der Waals surface area contributed by atoms with Gasteiger partial charge in [-0.15, -0.1) is 0 Å². The smallest absolute Gasteiger partial charge is 0.163 e. The molecule has 0 bridgehead atoms. The van der Waals surface area contributed by atoms with Gasteiger partial charge in [0.05, 0.1) is 7.11 Å². The van der Waals surface area contributed by atoms with Gasteiger partial charge in [0.1, 0.15) is 5.75 Å². The number of rotatable bonds is 1. The molecule has 0 N–H and O–H groups in total. The summed E-state index contributed by atoms with van der Waals surface area (Å²) in [6.07, 6.45) is 5.72. The highest BCUT2D eigenvalue weighted by Gasteiger charge is 2.37. The summed E-state index contributed by atoms with van der Waals surface area (Å²) in [5.41, 5.74) is 2.10. The van der Waals surface area contributed by atoms with Gasteiger partial charge in [-0.05, 0) is 30.7 Å². The molecule has 1 aromatic rings. The first-order valence-corrected chi connectivity index (χ1v) is 6.51. The molecule has 2 atom stereocenters. The normalized spacial score (nSPS) is 27.2. The van der Waals surface area contributed by atoms with Gasteiger partial charge in [-0.25, -0.2) is 0 Å². The molecule has 0 spiro atoms. The number of carbonyl (C=O) groups is 1. The van der Waals surface area contributed by atoms with Gasteiger partial charge in [-0.2, -0.15) is 0 Å². The molecular weight excluding hydrogens is 212 g/mol. The summed E-state index contributed by atoms with van der Waals surface area (Å²) >= 11 is 0. The lowest BCUT2D eigenvalue weighted by Gasteiger charge is -2.37. The molecule has 1 fully saturated rings. The standard InChI is InChI=1S/C15H18O2/c1-17-14-8-4-7-12-13(16)9-10-5-2-3-6-11(10)15(12)14/h4,7-8,10-11H,2-3,5-6,9H2,1H3. The summed E-state index contributed by atoms with van der Waals surface area (Å²) in [6.45, 7) is 0. The number of hydrogen-bond donors (Lipinski definition) is 0. The van der Waals surface area contributed by atoms with Crippen molar-refractivity contribution in [3.63, 3.8) is 0 Å². The molecule has 2 unspecified atom stereocenters. The first-order valence-electron chi connectivity index (χ1n) is 6.51. The minimum atomic E-state index is 0.307. The SMILES string of the molecule is COc1cccc2c1C1CCCCC1CC2=O. The Hall–Kier alpha value is -1.31. The fourth-order valence-corrected chi connectivity index (χ4v) is 3.53. The second kappa shape index (κ2) is 4.17. The van der Waals surface area contributed by atoms with Gasteiger partial charge in [-0.3, -0.25) is 4.79 Å². The number of ketones is 1. The van der Waals surface area contributed by atoms with E-state index in [-0.39, 0.29) is 0 Å². The molecule has 0 aliphatic heterocycles. The fourth-order valence-electron chi connectivity index (χ4n) is 3.53. The number of methoxy groups -OCH3 is 1. The van der Waals surface area contributed by atoms with Gasteiger partial charge in [0, 0.05) is 17.5 Å². The average Bonchev–Trinajstić information content (AvgIpc) is 2.38. The van der Waals surface area contributed by atoms with Crippen molar-refractivity contribution in [2.75, 3.05) is 7.11 Å². The number of ether oxygens (including phenoxy) is 1. The number of benzene rings is 1. The van der Waals surface area contributed by atoms with Crippen LogP contribution in [0.2, 0.25) is 0 Å². The predicted octanol–water partition coefficient (Wildman–Crippen LogP) is 3.56. The minimum Gasteiger partial charge on any atom is -0.496 e. The summed E-state index contributed by atoms with van der Waals surface area (Å²) in [4.78, 5) is 12.2. The maximum absolute atomic E-state index is 12.2. The summed E-state index contributed by atoms with van der Waals surface area (Å²) in [6, 6.07) is 5.88. The Balaban J connectivity index is 2.12. The first kappa shape index (κ1) is 10.8. The molecule has 17 heavy (non-hydrogen) atoms.